The highest BCUT2D eigenvalue weighted by molar-refractivity contribution is 7.19. The van der Waals surface area contributed by atoms with Gasteiger partial charge in [-0.3, -0.25) is 0 Å². The van der Waals surface area contributed by atoms with Crippen LogP contribution in [-0.2, 0) is 12.8 Å². The Bertz CT molecular complexity index is 615. The first-order chi connectivity index (χ1) is 9.06. The molecule has 0 spiro atoms. The Balaban J connectivity index is 2.11. The minimum Gasteiger partial charge on any atom is -0.367 e. The standard InChI is InChI=1S/C15H21N3S/c1-8(2)9(3)16-14-13-11-6-5-7-12(11)19-15(13)18-10(4)17-14/h8-9H,5-7H2,1-4H3,(H,16,17,18)/t9-/m0/s1. The maximum atomic E-state index is 4.66. The van der Waals surface area contributed by atoms with Crippen LogP contribution in [0.25, 0.3) is 10.2 Å². The summed E-state index contributed by atoms with van der Waals surface area (Å²) in [5.74, 6) is 2.51. The molecule has 1 aliphatic rings. The van der Waals surface area contributed by atoms with Gasteiger partial charge in [-0.25, -0.2) is 9.97 Å². The molecule has 102 valence electrons. The Morgan fingerprint density at radius 3 is 2.68 bits per heavy atom. The summed E-state index contributed by atoms with van der Waals surface area (Å²) in [5, 5.41) is 4.88. The number of hydrogen-bond acceptors (Lipinski definition) is 4. The van der Waals surface area contributed by atoms with Crippen molar-refractivity contribution in [3.8, 4) is 0 Å². The predicted octanol–water partition coefficient (Wildman–Crippen LogP) is 3.94. The molecule has 4 heteroatoms. The molecule has 1 N–H and O–H groups in total. The Kier molecular flexibility index (Phi) is 3.21. The van der Waals surface area contributed by atoms with Crippen molar-refractivity contribution in [1.29, 1.82) is 0 Å². The van der Waals surface area contributed by atoms with Crippen LogP contribution in [0.15, 0.2) is 0 Å². The number of anilines is 1. The average Bonchev–Trinajstić information content (AvgIpc) is 2.87. The molecular formula is C15H21N3S. The van der Waals surface area contributed by atoms with Gasteiger partial charge in [-0.15, -0.1) is 11.3 Å². The van der Waals surface area contributed by atoms with Crippen LogP contribution in [0.2, 0.25) is 0 Å². The molecule has 0 amide bonds. The minimum absolute atomic E-state index is 0.425. The molecule has 1 atom stereocenters. The van der Waals surface area contributed by atoms with Crippen LogP contribution in [0.5, 0.6) is 0 Å². The van der Waals surface area contributed by atoms with Crippen LogP contribution < -0.4 is 5.32 Å². The quantitative estimate of drug-likeness (QED) is 0.922. The molecule has 2 aromatic rings. The average molecular weight is 275 g/mol. The van der Waals surface area contributed by atoms with E-state index in [9.17, 15) is 0 Å². The molecule has 0 saturated carbocycles. The summed E-state index contributed by atoms with van der Waals surface area (Å²) in [6.07, 6.45) is 3.69. The van der Waals surface area contributed by atoms with Crippen LogP contribution in [0, 0.1) is 12.8 Å². The van der Waals surface area contributed by atoms with Crippen LogP contribution in [0.3, 0.4) is 0 Å². The van der Waals surface area contributed by atoms with Gasteiger partial charge >= 0.3 is 0 Å². The molecule has 0 bridgehead atoms. The molecule has 0 saturated heterocycles. The van der Waals surface area contributed by atoms with Crippen LogP contribution in [0.4, 0.5) is 5.82 Å². The summed E-state index contributed by atoms with van der Waals surface area (Å²) >= 11 is 1.86. The second-order valence-corrected chi connectivity index (χ2v) is 6.92. The lowest BCUT2D eigenvalue weighted by Crippen LogP contribution is -2.22. The monoisotopic (exact) mass is 275 g/mol. The zero-order chi connectivity index (χ0) is 13.6. The van der Waals surface area contributed by atoms with Crippen molar-refractivity contribution in [2.45, 2.75) is 53.0 Å². The summed E-state index contributed by atoms with van der Waals surface area (Å²) in [7, 11) is 0. The maximum absolute atomic E-state index is 4.66. The summed E-state index contributed by atoms with van der Waals surface area (Å²) in [5.41, 5.74) is 1.50. The van der Waals surface area contributed by atoms with Gasteiger partial charge in [0.05, 0.1) is 5.39 Å². The van der Waals surface area contributed by atoms with Crippen LogP contribution >= 0.6 is 11.3 Å². The number of hydrogen-bond donors (Lipinski definition) is 1. The second kappa shape index (κ2) is 4.75. The molecule has 0 radical (unpaired) electrons. The van der Waals surface area contributed by atoms with Gasteiger partial charge < -0.3 is 5.32 Å². The first-order valence-corrected chi connectivity index (χ1v) is 7.93. The number of aryl methyl sites for hydroxylation is 3. The van der Waals surface area contributed by atoms with Gasteiger partial charge in [0.1, 0.15) is 16.5 Å². The molecule has 1 aliphatic carbocycles. The van der Waals surface area contributed by atoms with Gasteiger partial charge in [-0.05, 0) is 44.6 Å². The molecule has 3 rings (SSSR count). The number of aromatic nitrogens is 2. The zero-order valence-electron chi connectivity index (χ0n) is 12.1. The molecule has 0 fully saturated rings. The lowest BCUT2D eigenvalue weighted by molar-refractivity contribution is 0.558. The van der Waals surface area contributed by atoms with Crippen LogP contribution in [0.1, 0.15) is 43.5 Å². The Morgan fingerprint density at radius 1 is 1.16 bits per heavy atom. The van der Waals surface area contributed by atoms with Crippen molar-refractivity contribution >= 4 is 27.4 Å². The smallest absolute Gasteiger partial charge is 0.139 e. The highest BCUT2D eigenvalue weighted by Crippen LogP contribution is 2.39. The van der Waals surface area contributed by atoms with E-state index in [1.54, 1.807) is 0 Å². The van der Waals surface area contributed by atoms with Crippen molar-refractivity contribution in [3.63, 3.8) is 0 Å². The normalized spacial score (nSPS) is 16.1. The molecule has 19 heavy (non-hydrogen) atoms. The van der Waals surface area contributed by atoms with E-state index in [1.165, 1.54) is 35.1 Å². The van der Waals surface area contributed by atoms with Crippen molar-refractivity contribution < 1.29 is 0 Å². The minimum atomic E-state index is 0.425. The lowest BCUT2D eigenvalue weighted by atomic mass is 10.1. The summed E-state index contributed by atoms with van der Waals surface area (Å²) in [6.45, 7) is 8.68. The topological polar surface area (TPSA) is 37.8 Å². The fourth-order valence-electron chi connectivity index (χ4n) is 2.59. The van der Waals surface area contributed by atoms with E-state index in [-0.39, 0.29) is 0 Å². The van der Waals surface area contributed by atoms with E-state index >= 15 is 0 Å². The zero-order valence-corrected chi connectivity index (χ0v) is 12.9. The second-order valence-electron chi connectivity index (χ2n) is 5.83. The highest BCUT2D eigenvalue weighted by Gasteiger charge is 2.22. The first kappa shape index (κ1) is 12.9. The third kappa shape index (κ3) is 2.22. The van der Waals surface area contributed by atoms with E-state index in [0.29, 0.717) is 12.0 Å². The van der Waals surface area contributed by atoms with Gasteiger partial charge in [0, 0.05) is 10.9 Å². The Hall–Kier alpha value is -1.16. The van der Waals surface area contributed by atoms with Crippen molar-refractivity contribution in [2.24, 2.45) is 5.92 Å². The largest absolute Gasteiger partial charge is 0.367 e. The molecule has 0 aliphatic heterocycles. The number of thiophene rings is 1. The van der Waals surface area contributed by atoms with Gasteiger partial charge in [-0.1, -0.05) is 13.8 Å². The molecule has 2 heterocycles. The molecule has 0 unspecified atom stereocenters. The Labute approximate surface area is 118 Å². The maximum Gasteiger partial charge on any atom is 0.139 e. The first-order valence-electron chi connectivity index (χ1n) is 7.11. The third-order valence-corrected chi connectivity index (χ3v) is 5.23. The van der Waals surface area contributed by atoms with Gasteiger partial charge in [0.25, 0.3) is 0 Å². The highest BCUT2D eigenvalue weighted by atomic mass is 32.1. The van der Waals surface area contributed by atoms with Crippen molar-refractivity contribution in [3.05, 3.63) is 16.3 Å². The Morgan fingerprint density at radius 2 is 1.95 bits per heavy atom. The summed E-state index contributed by atoms with van der Waals surface area (Å²) in [4.78, 5) is 12.0. The van der Waals surface area contributed by atoms with Crippen LogP contribution in [-0.4, -0.2) is 16.0 Å². The van der Waals surface area contributed by atoms with E-state index in [0.717, 1.165) is 16.5 Å². The summed E-state index contributed by atoms with van der Waals surface area (Å²) < 4.78 is 0. The molecular weight excluding hydrogens is 254 g/mol. The van der Waals surface area contributed by atoms with Crippen molar-refractivity contribution in [1.82, 2.24) is 9.97 Å². The van der Waals surface area contributed by atoms with E-state index in [2.05, 4.69) is 36.1 Å². The lowest BCUT2D eigenvalue weighted by Gasteiger charge is -2.19. The van der Waals surface area contributed by atoms with E-state index in [4.69, 9.17) is 0 Å². The fourth-order valence-corrected chi connectivity index (χ4v) is 3.90. The summed E-state index contributed by atoms with van der Waals surface area (Å²) in [6, 6.07) is 0.425. The van der Waals surface area contributed by atoms with Gasteiger partial charge in [0.15, 0.2) is 0 Å². The molecule has 3 nitrogen and oxygen atoms in total. The SMILES string of the molecule is Cc1nc(N[C@@H](C)C(C)C)c2c3c(sc2n1)CCC3. The fraction of sp³-hybridized carbons (Fsp3) is 0.600. The number of nitrogens with one attached hydrogen (secondary N) is 1. The molecule has 0 aromatic carbocycles. The van der Waals surface area contributed by atoms with E-state index < -0.39 is 0 Å². The number of fused-ring (bicyclic) bond motifs is 3. The number of rotatable bonds is 3. The van der Waals surface area contributed by atoms with Gasteiger partial charge in [-0.2, -0.15) is 0 Å². The van der Waals surface area contributed by atoms with Crippen molar-refractivity contribution in [2.75, 3.05) is 5.32 Å². The van der Waals surface area contributed by atoms with Gasteiger partial charge in [0.2, 0.25) is 0 Å². The number of nitrogens with zero attached hydrogens (tertiary/aromatic N) is 2. The third-order valence-electron chi connectivity index (χ3n) is 4.04. The van der Waals surface area contributed by atoms with E-state index in [1.807, 2.05) is 18.3 Å². The predicted molar refractivity (Wildman–Crippen MR) is 82.1 cm³/mol. The molecule has 2 aromatic heterocycles.